The molecule has 0 aliphatic heterocycles. The number of Topliss-reactive ketones (excluding diaryl/α,β-unsaturated/α-hetero) is 1. The fraction of sp³-hybridized carbons (Fsp3) is 0.125. The van der Waals surface area contributed by atoms with Crippen molar-refractivity contribution in [3.05, 3.63) is 33.3 Å². The lowest BCUT2D eigenvalue weighted by Crippen LogP contribution is -2.13. The SMILES string of the molecule is Cl.NCC(=O)c1ccc(Cl)cc1Br. The van der Waals surface area contributed by atoms with Crippen molar-refractivity contribution in [1.29, 1.82) is 0 Å². The van der Waals surface area contributed by atoms with E-state index >= 15 is 0 Å². The van der Waals surface area contributed by atoms with Crippen molar-refractivity contribution in [1.82, 2.24) is 0 Å². The maximum absolute atomic E-state index is 11.1. The summed E-state index contributed by atoms with van der Waals surface area (Å²) >= 11 is 8.92. The van der Waals surface area contributed by atoms with Crippen molar-refractivity contribution in [3.63, 3.8) is 0 Å². The molecular formula is C8H8BrCl2NO. The predicted molar refractivity (Wildman–Crippen MR) is 59.8 cm³/mol. The van der Waals surface area contributed by atoms with Gasteiger partial charge in [0, 0.05) is 15.1 Å². The summed E-state index contributed by atoms with van der Waals surface area (Å²) in [5.74, 6) is -0.0986. The Kier molecular flexibility index (Phi) is 5.56. The lowest BCUT2D eigenvalue weighted by Gasteiger charge is -2.00. The van der Waals surface area contributed by atoms with Crippen molar-refractivity contribution in [2.24, 2.45) is 5.73 Å². The number of rotatable bonds is 2. The second-order valence-corrected chi connectivity index (χ2v) is 3.54. The van der Waals surface area contributed by atoms with E-state index < -0.39 is 0 Å². The van der Waals surface area contributed by atoms with E-state index in [1.807, 2.05) is 0 Å². The minimum absolute atomic E-state index is 0. The van der Waals surface area contributed by atoms with E-state index in [0.29, 0.717) is 15.1 Å². The van der Waals surface area contributed by atoms with Gasteiger partial charge in [0.25, 0.3) is 0 Å². The second kappa shape index (κ2) is 5.60. The van der Waals surface area contributed by atoms with Gasteiger partial charge in [-0.05, 0) is 34.1 Å². The van der Waals surface area contributed by atoms with E-state index in [1.54, 1.807) is 18.2 Å². The predicted octanol–water partition coefficient (Wildman–Crippen LogP) is 2.67. The molecule has 0 fully saturated rings. The molecule has 0 radical (unpaired) electrons. The number of carbonyl (C=O) groups excluding carboxylic acids is 1. The molecule has 0 aromatic heterocycles. The molecular weight excluding hydrogens is 277 g/mol. The van der Waals surface area contributed by atoms with Crippen LogP contribution in [-0.2, 0) is 0 Å². The van der Waals surface area contributed by atoms with Gasteiger partial charge in [-0.2, -0.15) is 0 Å². The first-order valence-corrected chi connectivity index (χ1v) is 4.50. The fourth-order valence-corrected chi connectivity index (χ4v) is 1.73. The van der Waals surface area contributed by atoms with Crippen LogP contribution in [0.4, 0.5) is 0 Å². The van der Waals surface area contributed by atoms with Crippen LogP contribution in [0.25, 0.3) is 0 Å². The molecule has 0 amide bonds. The third-order valence-electron chi connectivity index (χ3n) is 1.42. The van der Waals surface area contributed by atoms with Gasteiger partial charge in [-0.1, -0.05) is 11.6 Å². The van der Waals surface area contributed by atoms with E-state index in [0.717, 1.165) is 0 Å². The van der Waals surface area contributed by atoms with Crippen LogP contribution in [0.5, 0.6) is 0 Å². The van der Waals surface area contributed by atoms with Gasteiger partial charge in [0.15, 0.2) is 5.78 Å². The number of ketones is 1. The van der Waals surface area contributed by atoms with Gasteiger partial charge < -0.3 is 5.73 Å². The highest BCUT2D eigenvalue weighted by Gasteiger charge is 2.07. The molecule has 0 aliphatic carbocycles. The summed E-state index contributed by atoms with van der Waals surface area (Å²) in [6.07, 6.45) is 0. The Morgan fingerprint density at radius 2 is 2.15 bits per heavy atom. The van der Waals surface area contributed by atoms with Gasteiger partial charge in [0.2, 0.25) is 0 Å². The lowest BCUT2D eigenvalue weighted by molar-refractivity contribution is 0.100. The van der Waals surface area contributed by atoms with E-state index in [1.165, 1.54) is 0 Å². The number of halogens is 3. The number of benzene rings is 1. The summed E-state index contributed by atoms with van der Waals surface area (Å²) in [6.45, 7) is 0.0141. The molecule has 0 bridgehead atoms. The van der Waals surface area contributed by atoms with Crippen LogP contribution in [0.2, 0.25) is 5.02 Å². The fourth-order valence-electron chi connectivity index (χ4n) is 0.826. The Hall–Kier alpha value is -0.0900. The first kappa shape index (κ1) is 12.9. The standard InChI is InChI=1S/C8H7BrClNO.ClH/c9-7-3-5(10)1-2-6(7)8(12)4-11;/h1-3H,4,11H2;1H. The number of nitrogens with two attached hydrogens (primary N) is 1. The van der Waals surface area contributed by atoms with Crippen LogP contribution in [0, 0.1) is 0 Å². The highest BCUT2D eigenvalue weighted by Crippen LogP contribution is 2.21. The highest BCUT2D eigenvalue weighted by atomic mass is 79.9. The first-order valence-electron chi connectivity index (χ1n) is 3.33. The quantitative estimate of drug-likeness (QED) is 0.849. The molecule has 0 saturated carbocycles. The van der Waals surface area contributed by atoms with Gasteiger partial charge in [-0.15, -0.1) is 12.4 Å². The van der Waals surface area contributed by atoms with Crippen LogP contribution in [0.15, 0.2) is 22.7 Å². The summed E-state index contributed by atoms with van der Waals surface area (Å²) in [7, 11) is 0. The van der Waals surface area contributed by atoms with Gasteiger partial charge in [0.05, 0.1) is 6.54 Å². The summed E-state index contributed by atoms with van der Waals surface area (Å²) in [4.78, 5) is 11.1. The van der Waals surface area contributed by atoms with Crippen molar-refractivity contribution in [2.45, 2.75) is 0 Å². The highest BCUT2D eigenvalue weighted by molar-refractivity contribution is 9.10. The lowest BCUT2D eigenvalue weighted by atomic mass is 10.1. The molecule has 5 heteroatoms. The Labute approximate surface area is 96.0 Å². The smallest absolute Gasteiger partial charge is 0.177 e. The van der Waals surface area contributed by atoms with E-state index in [-0.39, 0.29) is 24.7 Å². The largest absolute Gasteiger partial charge is 0.324 e. The van der Waals surface area contributed by atoms with Crippen molar-refractivity contribution >= 4 is 45.7 Å². The van der Waals surface area contributed by atoms with Crippen molar-refractivity contribution in [3.8, 4) is 0 Å². The van der Waals surface area contributed by atoms with Crippen molar-refractivity contribution < 1.29 is 4.79 Å². The Bertz CT molecular complexity index is 317. The Balaban J connectivity index is 0.00000144. The van der Waals surface area contributed by atoms with Gasteiger partial charge in [-0.25, -0.2) is 0 Å². The van der Waals surface area contributed by atoms with E-state index in [4.69, 9.17) is 17.3 Å². The zero-order valence-electron chi connectivity index (χ0n) is 6.59. The summed E-state index contributed by atoms with van der Waals surface area (Å²) < 4.78 is 0.686. The van der Waals surface area contributed by atoms with Crippen LogP contribution in [-0.4, -0.2) is 12.3 Å². The normalized spacial score (nSPS) is 9.15. The zero-order valence-corrected chi connectivity index (χ0v) is 9.75. The molecule has 0 heterocycles. The average molecular weight is 285 g/mol. The molecule has 0 unspecified atom stereocenters. The molecule has 13 heavy (non-hydrogen) atoms. The maximum Gasteiger partial charge on any atom is 0.177 e. The topological polar surface area (TPSA) is 43.1 Å². The molecule has 0 saturated heterocycles. The average Bonchev–Trinajstić information content (AvgIpc) is 2.03. The van der Waals surface area contributed by atoms with Gasteiger partial charge in [-0.3, -0.25) is 4.79 Å². The van der Waals surface area contributed by atoms with Crippen LogP contribution >= 0.6 is 39.9 Å². The maximum atomic E-state index is 11.1. The summed E-state index contributed by atoms with van der Waals surface area (Å²) in [5.41, 5.74) is 5.78. The van der Waals surface area contributed by atoms with Crippen LogP contribution in [0.1, 0.15) is 10.4 Å². The number of carbonyl (C=O) groups is 1. The van der Waals surface area contributed by atoms with Gasteiger partial charge >= 0.3 is 0 Å². The molecule has 72 valence electrons. The minimum atomic E-state index is -0.0986. The monoisotopic (exact) mass is 283 g/mol. The zero-order chi connectivity index (χ0) is 9.14. The summed E-state index contributed by atoms with van der Waals surface area (Å²) in [5, 5.41) is 0.593. The molecule has 1 aromatic rings. The van der Waals surface area contributed by atoms with E-state index in [2.05, 4.69) is 15.9 Å². The minimum Gasteiger partial charge on any atom is -0.324 e. The third-order valence-corrected chi connectivity index (χ3v) is 2.31. The molecule has 0 atom stereocenters. The molecule has 2 nitrogen and oxygen atoms in total. The van der Waals surface area contributed by atoms with Crippen LogP contribution in [0.3, 0.4) is 0 Å². The van der Waals surface area contributed by atoms with Crippen molar-refractivity contribution in [2.75, 3.05) is 6.54 Å². The Morgan fingerprint density at radius 1 is 1.54 bits per heavy atom. The number of hydrogen-bond acceptors (Lipinski definition) is 2. The third kappa shape index (κ3) is 3.27. The molecule has 2 N–H and O–H groups in total. The Morgan fingerprint density at radius 3 is 2.62 bits per heavy atom. The molecule has 0 aliphatic rings. The summed E-state index contributed by atoms with van der Waals surface area (Å²) in [6, 6.07) is 4.99. The van der Waals surface area contributed by atoms with E-state index in [9.17, 15) is 4.79 Å². The van der Waals surface area contributed by atoms with Crippen LogP contribution < -0.4 is 5.73 Å². The second-order valence-electron chi connectivity index (χ2n) is 2.25. The molecule has 1 aromatic carbocycles. The van der Waals surface area contributed by atoms with Gasteiger partial charge in [0.1, 0.15) is 0 Å². The molecule has 0 spiro atoms. The first-order chi connectivity index (χ1) is 5.65. The molecule has 1 rings (SSSR count). The number of hydrogen-bond donors (Lipinski definition) is 1.